The molecule has 1 aromatic rings. The van der Waals surface area contributed by atoms with Crippen LogP contribution in [0, 0.1) is 6.92 Å². The number of aryl methyl sites for hydroxylation is 1. The van der Waals surface area contributed by atoms with E-state index in [1.807, 2.05) is 11.8 Å². The van der Waals surface area contributed by atoms with Crippen molar-refractivity contribution in [1.29, 1.82) is 0 Å². The van der Waals surface area contributed by atoms with Gasteiger partial charge in [-0.25, -0.2) is 4.79 Å². The van der Waals surface area contributed by atoms with E-state index in [4.69, 9.17) is 9.52 Å². The smallest absolute Gasteiger partial charge is 0.339 e. The summed E-state index contributed by atoms with van der Waals surface area (Å²) in [5, 5.41) is 9.59. The van der Waals surface area contributed by atoms with Crippen molar-refractivity contribution in [2.24, 2.45) is 0 Å². The van der Waals surface area contributed by atoms with Crippen molar-refractivity contribution in [3.63, 3.8) is 0 Å². The van der Waals surface area contributed by atoms with Gasteiger partial charge in [0.2, 0.25) is 0 Å². The van der Waals surface area contributed by atoms with E-state index in [0.717, 1.165) is 24.6 Å². The topological polar surface area (TPSA) is 53.7 Å². The number of nitrogens with zero attached hydrogens (tertiary/aromatic N) is 1. The zero-order chi connectivity index (χ0) is 12.4. The second-order valence-corrected chi connectivity index (χ2v) is 5.95. The van der Waals surface area contributed by atoms with E-state index in [1.54, 1.807) is 13.0 Å². The van der Waals surface area contributed by atoms with E-state index in [-0.39, 0.29) is 5.56 Å². The van der Waals surface area contributed by atoms with Crippen LogP contribution in [0.15, 0.2) is 10.5 Å². The minimum atomic E-state index is -0.917. The van der Waals surface area contributed by atoms with Gasteiger partial charge < -0.3 is 9.52 Å². The fraction of sp³-hybridized carbons (Fsp3) is 0.583. The Bertz CT molecular complexity index is 416. The molecule has 0 bridgehead atoms. The molecule has 0 spiro atoms. The van der Waals surface area contributed by atoms with Crippen LogP contribution in [0.25, 0.3) is 0 Å². The maximum Gasteiger partial charge on any atom is 0.339 e. The third-order valence-corrected chi connectivity index (χ3v) is 4.04. The van der Waals surface area contributed by atoms with Gasteiger partial charge in [-0.05, 0) is 13.0 Å². The lowest BCUT2D eigenvalue weighted by molar-refractivity contribution is 0.0695. The van der Waals surface area contributed by atoms with Crippen LogP contribution in [0.4, 0.5) is 0 Å². The first kappa shape index (κ1) is 12.5. The van der Waals surface area contributed by atoms with Crippen LogP contribution in [-0.4, -0.2) is 40.1 Å². The molecule has 1 saturated heterocycles. The molecular formula is C12H17NO3S. The molecule has 0 radical (unpaired) electrons. The van der Waals surface area contributed by atoms with Crippen LogP contribution < -0.4 is 0 Å². The van der Waals surface area contributed by atoms with Crippen LogP contribution in [0.5, 0.6) is 0 Å². The van der Waals surface area contributed by atoms with Crippen molar-refractivity contribution >= 4 is 17.7 Å². The van der Waals surface area contributed by atoms with E-state index < -0.39 is 5.97 Å². The number of rotatable bonds is 3. The van der Waals surface area contributed by atoms with E-state index >= 15 is 0 Å². The normalized spacial score (nSPS) is 21.6. The average Bonchev–Trinajstić information content (AvgIpc) is 2.59. The lowest BCUT2D eigenvalue weighted by Crippen LogP contribution is -2.35. The summed E-state index contributed by atoms with van der Waals surface area (Å²) in [4.78, 5) is 13.2. The van der Waals surface area contributed by atoms with Gasteiger partial charge in [0.25, 0.3) is 0 Å². The van der Waals surface area contributed by atoms with Crippen molar-refractivity contribution < 1.29 is 14.3 Å². The number of furan rings is 1. The number of aromatic carboxylic acids is 1. The van der Waals surface area contributed by atoms with Crippen molar-refractivity contribution in [2.75, 3.05) is 18.8 Å². The molecule has 1 aromatic heterocycles. The predicted octanol–water partition coefficient (Wildman–Crippen LogP) is 2.22. The second-order valence-electron chi connectivity index (χ2n) is 4.40. The summed E-state index contributed by atoms with van der Waals surface area (Å²) < 4.78 is 5.48. The van der Waals surface area contributed by atoms with Crippen LogP contribution in [0.1, 0.15) is 28.8 Å². The number of carboxylic acid groups (broad SMARTS) is 1. The Hall–Kier alpha value is -0.940. The zero-order valence-electron chi connectivity index (χ0n) is 10.1. The largest absolute Gasteiger partial charge is 0.478 e. The zero-order valence-corrected chi connectivity index (χ0v) is 10.9. The number of carboxylic acids is 1. The number of carbonyl (C=O) groups is 1. The van der Waals surface area contributed by atoms with E-state index in [9.17, 15) is 4.79 Å². The molecule has 1 unspecified atom stereocenters. The first-order chi connectivity index (χ1) is 8.06. The Morgan fingerprint density at radius 3 is 3.06 bits per heavy atom. The molecule has 1 aliphatic heterocycles. The Balaban J connectivity index is 2.03. The molecule has 1 N–H and O–H groups in total. The predicted molar refractivity (Wildman–Crippen MR) is 67.6 cm³/mol. The van der Waals surface area contributed by atoms with Crippen molar-refractivity contribution in [3.8, 4) is 0 Å². The first-order valence-corrected chi connectivity index (χ1v) is 6.77. The highest BCUT2D eigenvalue weighted by Gasteiger charge is 2.20. The van der Waals surface area contributed by atoms with Crippen LogP contribution >= 0.6 is 11.8 Å². The quantitative estimate of drug-likeness (QED) is 0.897. The van der Waals surface area contributed by atoms with Gasteiger partial charge in [-0.1, -0.05) is 6.92 Å². The van der Waals surface area contributed by atoms with Gasteiger partial charge in [-0.3, -0.25) is 4.90 Å². The molecule has 0 amide bonds. The van der Waals surface area contributed by atoms with Crippen LogP contribution in [0.3, 0.4) is 0 Å². The molecule has 1 fully saturated rings. The maximum atomic E-state index is 10.9. The second kappa shape index (κ2) is 5.14. The van der Waals surface area contributed by atoms with Gasteiger partial charge in [-0.2, -0.15) is 11.8 Å². The van der Waals surface area contributed by atoms with Crippen molar-refractivity contribution in [1.82, 2.24) is 4.90 Å². The molecule has 2 heterocycles. The Kier molecular flexibility index (Phi) is 3.79. The Morgan fingerprint density at radius 2 is 2.47 bits per heavy atom. The summed E-state index contributed by atoms with van der Waals surface area (Å²) in [6, 6.07) is 1.64. The fourth-order valence-electron chi connectivity index (χ4n) is 2.09. The van der Waals surface area contributed by atoms with Crippen molar-refractivity contribution in [3.05, 3.63) is 23.2 Å². The third kappa shape index (κ3) is 3.04. The van der Waals surface area contributed by atoms with Gasteiger partial charge in [0.05, 0.1) is 6.54 Å². The maximum absolute atomic E-state index is 10.9. The summed E-state index contributed by atoms with van der Waals surface area (Å²) >= 11 is 1.98. The number of thioether (sulfide) groups is 1. The molecule has 2 rings (SSSR count). The molecule has 0 saturated carbocycles. The van der Waals surface area contributed by atoms with Gasteiger partial charge in [0.15, 0.2) is 0 Å². The van der Waals surface area contributed by atoms with Gasteiger partial charge in [0.1, 0.15) is 17.1 Å². The van der Waals surface area contributed by atoms with Gasteiger partial charge in [-0.15, -0.1) is 0 Å². The molecule has 94 valence electrons. The monoisotopic (exact) mass is 255 g/mol. The summed E-state index contributed by atoms with van der Waals surface area (Å²) in [6.07, 6.45) is 0. The van der Waals surface area contributed by atoms with Gasteiger partial charge >= 0.3 is 5.97 Å². The third-order valence-electron chi connectivity index (χ3n) is 2.90. The van der Waals surface area contributed by atoms with Crippen LogP contribution in [-0.2, 0) is 6.54 Å². The van der Waals surface area contributed by atoms with E-state index in [0.29, 0.717) is 17.6 Å². The first-order valence-electron chi connectivity index (χ1n) is 5.73. The number of hydrogen-bond acceptors (Lipinski definition) is 4. The fourth-order valence-corrected chi connectivity index (χ4v) is 3.17. The molecule has 5 heteroatoms. The molecule has 17 heavy (non-hydrogen) atoms. The SMILES string of the molecule is Cc1oc(CN2CCSC(C)C2)cc1C(=O)O. The van der Waals surface area contributed by atoms with Crippen molar-refractivity contribution in [2.45, 2.75) is 25.6 Å². The molecular weight excluding hydrogens is 238 g/mol. The lowest BCUT2D eigenvalue weighted by atomic mass is 10.2. The molecule has 1 atom stereocenters. The highest BCUT2D eigenvalue weighted by atomic mass is 32.2. The standard InChI is InChI=1S/C12H17NO3S/c1-8-6-13(3-4-17-8)7-10-5-11(12(14)15)9(2)16-10/h5,8H,3-4,6-7H2,1-2H3,(H,14,15). The Morgan fingerprint density at radius 1 is 1.71 bits per heavy atom. The minimum absolute atomic E-state index is 0.277. The number of hydrogen-bond donors (Lipinski definition) is 1. The van der Waals surface area contributed by atoms with Gasteiger partial charge in [0, 0.05) is 24.1 Å². The average molecular weight is 255 g/mol. The highest BCUT2D eigenvalue weighted by Crippen LogP contribution is 2.21. The molecule has 0 aromatic carbocycles. The molecule has 4 nitrogen and oxygen atoms in total. The minimum Gasteiger partial charge on any atom is -0.478 e. The summed E-state index contributed by atoms with van der Waals surface area (Å²) in [5.41, 5.74) is 0.277. The summed E-state index contributed by atoms with van der Waals surface area (Å²) in [7, 11) is 0. The lowest BCUT2D eigenvalue weighted by Gasteiger charge is -2.29. The Labute approximate surface area is 105 Å². The van der Waals surface area contributed by atoms with Crippen LogP contribution in [0.2, 0.25) is 0 Å². The van der Waals surface area contributed by atoms with E-state index in [2.05, 4.69) is 11.8 Å². The molecule has 1 aliphatic rings. The van der Waals surface area contributed by atoms with E-state index in [1.165, 1.54) is 0 Å². The molecule has 0 aliphatic carbocycles. The highest BCUT2D eigenvalue weighted by molar-refractivity contribution is 7.99. The summed E-state index contributed by atoms with van der Waals surface area (Å²) in [6.45, 7) is 6.69. The summed E-state index contributed by atoms with van der Waals surface area (Å²) in [5.74, 6) is 1.46.